The maximum absolute atomic E-state index is 13.9. The highest BCUT2D eigenvalue weighted by atomic mass is 127. The minimum Gasteiger partial charge on any atom is -0.467 e. The van der Waals surface area contributed by atoms with E-state index < -0.39 is 0 Å². The Morgan fingerprint density at radius 2 is 2.13 bits per heavy atom. The van der Waals surface area contributed by atoms with Gasteiger partial charge in [0.2, 0.25) is 5.91 Å². The molecule has 1 saturated heterocycles. The molecular formula is C22H34FIN4O3. The minimum absolute atomic E-state index is 0. The van der Waals surface area contributed by atoms with Gasteiger partial charge < -0.3 is 25.0 Å². The van der Waals surface area contributed by atoms with Gasteiger partial charge in [-0.3, -0.25) is 9.79 Å². The van der Waals surface area contributed by atoms with Gasteiger partial charge in [-0.2, -0.15) is 0 Å². The van der Waals surface area contributed by atoms with Crippen molar-refractivity contribution in [3.8, 4) is 5.75 Å². The average Bonchev–Trinajstić information content (AvgIpc) is 2.95. The van der Waals surface area contributed by atoms with Gasteiger partial charge in [0, 0.05) is 44.7 Å². The molecule has 0 radical (unpaired) electrons. The van der Waals surface area contributed by atoms with E-state index in [1.165, 1.54) is 12.1 Å². The van der Waals surface area contributed by atoms with Gasteiger partial charge in [-0.15, -0.1) is 24.0 Å². The maximum Gasteiger partial charge on any atom is 0.222 e. The number of likely N-dealkylation sites (tertiary alicyclic amines) is 1. The molecule has 2 N–H and O–H groups in total. The molecule has 0 bridgehead atoms. The molecule has 174 valence electrons. The second-order valence-corrected chi connectivity index (χ2v) is 7.65. The topological polar surface area (TPSA) is 75.2 Å². The number of ether oxygens (including phenoxy) is 2. The number of fused-ring (bicyclic) bond motifs is 1. The van der Waals surface area contributed by atoms with Crippen molar-refractivity contribution >= 4 is 35.8 Å². The summed E-state index contributed by atoms with van der Waals surface area (Å²) in [6.45, 7) is 6.23. The van der Waals surface area contributed by atoms with Gasteiger partial charge in [-0.05, 0) is 50.3 Å². The number of hydrogen-bond donors (Lipinski definition) is 2. The fourth-order valence-electron chi connectivity index (χ4n) is 3.83. The first-order valence-corrected chi connectivity index (χ1v) is 11.0. The number of hydrogen-bond acceptors (Lipinski definition) is 4. The van der Waals surface area contributed by atoms with E-state index >= 15 is 0 Å². The lowest BCUT2D eigenvalue weighted by Crippen LogP contribution is -2.38. The Kier molecular flexibility index (Phi) is 11.3. The first-order valence-electron chi connectivity index (χ1n) is 11.0. The van der Waals surface area contributed by atoms with E-state index in [9.17, 15) is 9.18 Å². The third-order valence-electron chi connectivity index (χ3n) is 5.31. The van der Waals surface area contributed by atoms with Gasteiger partial charge in [0.05, 0.1) is 6.61 Å². The SMILES string of the molecule is CCNC(=NCCCN1CCCCCC1=O)NCCc1cc(F)cc2c1OCOC2.I. The van der Waals surface area contributed by atoms with E-state index in [-0.39, 0.29) is 42.5 Å². The number of amides is 1. The molecule has 2 aliphatic rings. The highest BCUT2D eigenvalue weighted by Gasteiger charge is 2.17. The smallest absolute Gasteiger partial charge is 0.222 e. The Bertz CT molecular complexity index is 748. The summed E-state index contributed by atoms with van der Waals surface area (Å²) in [5.74, 6) is 1.46. The predicted octanol–water partition coefficient (Wildman–Crippen LogP) is 3.20. The molecule has 7 nitrogen and oxygen atoms in total. The highest BCUT2D eigenvalue weighted by molar-refractivity contribution is 14.0. The first kappa shape index (κ1) is 25.6. The van der Waals surface area contributed by atoms with Gasteiger partial charge in [-0.1, -0.05) is 6.42 Å². The molecule has 2 aliphatic heterocycles. The van der Waals surface area contributed by atoms with Crippen molar-refractivity contribution in [2.24, 2.45) is 4.99 Å². The minimum atomic E-state index is -0.276. The second kappa shape index (κ2) is 13.7. The Hall–Kier alpha value is -1.62. The van der Waals surface area contributed by atoms with E-state index in [0.29, 0.717) is 32.5 Å². The van der Waals surface area contributed by atoms with E-state index in [1.54, 1.807) is 0 Å². The Morgan fingerprint density at radius 3 is 2.97 bits per heavy atom. The van der Waals surface area contributed by atoms with E-state index in [0.717, 1.165) is 68.2 Å². The highest BCUT2D eigenvalue weighted by Crippen LogP contribution is 2.29. The number of benzene rings is 1. The number of carbonyl (C=O) groups is 1. The molecule has 0 atom stereocenters. The molecule has 2 heterocycles. The number of guanidine groups is 1. The molecule has 1 amide bonds. The van der Waals surface area contributed by atoms with Crippen LogP contribution in [0.2, 0.25) is 0 Å². The Balaban J connectivity index is 0.00000341. The molecule has 3 rings (SSSR count). The second-order valence-electron chi connectivity index (χ2n) is 7.65. The first-order chi connectivity index (χ1) is 14.7. The van der Waals surface area contributed by atoms with Crippen LogP contribution in [0.1, 0.15) is 50.2 Å². The summed E-state index contributed by atoms with van der Waals surface area (Å²) >= 11 is 0. The van der Waals surface area contributed by atoms with Crippen molar-refractivity contribution in [1.29, 1.82) is 0 Å². The summed E-state index contributed by atoms with van der Waals surface area (Å²) in [5, 5.41) is 6.53. The zero-order valence-corrected chi connectivity index (χ0v) is 20.6. The van der Waals surface area contributed by atoms with Crippen molar-refractivity contribution in [2.75, 3.05) is 39.5 Å². The van der Waals surface area contributed by atoms with Crippen LogP contribution in [0.25, 0.3) is 0 Å². The zero-order chi connectivity index (χ0) is 21.2. The van der Waals surface area contributed by atoms with Crippen LogP contribution in [0, 0.1) is 5.82 Å². The number of halogens is 2. The van der Waals surface area contributed by atoms with Crippen LogP contribution in [-0.4, -0.2) is 56.3 Å². The fraction of sp³-hybridized carbons (Fsp3) is 0.636. The van der Waals surface area contributed by atoms with Crippen LogP contribution in [0.5, 0.6) is 5.75 Å². The maximum atomic E-state index is 13.9. The summed E-state index contributed by atoms with van der Waals surface area (Å²) in [4.78, 5) is 18.7. The number of aliphatic imine (C=N–C) groups is 1. The Morgan fingerprint density at radius 1 is 1.26 bits per heavy atom. The normalized spacial score (nSPS) is 16.6. The quantitative estimate of drug-likeness (QED) is 0.226. The fourth-order valence-corrected chi connectivity index (χ4v) is 3.83. The molecule has 1 fully saturated rings. The predicted molar refractivity (Wildman–Crippen MR) is 129 cm³/mol. The zero-order valence-electron chi connectivity index (χ0n) is 18.3. The van der Waals surface area contributed by atoms with E-state index in [1.807, 2.05) is 11.8 Å². The summed E-state index contributed by atoms with van der Waals surface area (Å²) in [7, 11) is 0. The third-order valence-corrected chi connectivity index (χ3v) is 5.31. The van der Waals surface area contributed by atoms with Crippen LogP contribution >= 0.6 is 24.0 Å². The third kappa shape index (κ3) is 8.10. The molecule has 1 aromatic rings. The molecule has 0 aromatic heterocycles. The van der Waals surface area contributed by atoms with Crippen LogP contribution in [0.4, 0.5) is 4.39 Å². The molecule has 31 heavy (non-hydrogen) atoms. The number of carbonyl (C=O) groups excluding carboxylic acids is 1. The van der Waals surface area contributed by atoms with E-state index in [2.05, 4.69) is 15.6 Å². The standard InChI is InChI=1S/C22H33FN4O3.HI/c1-2-24-22(25-9-6-12-27-11-5-3-4-7-20(27)28)26-10-8-17-13-19(23)14-18-15-29-16-30-21(17)18;/h13-14H,2-12,15-16H2,1H3,(H2,24,25,26);1H. The summed E-state index contributed by atoms with van der Waals surface area (Å²) in [5.41, 5.74) is 1.58. The van der Waals surface area contributed by atoms with Crippen LogP contribution in [0.15, 0.2) is 17.1 Å². The molecule has 1 aromatic carbocycles. The van der Waals surface area contributed by atoms with Gasteiger partial charge in [0.1, 0.15) is 11.6 Å². The van der Waals surface area contributed by atoms with Crippen molar-refractivity contribution in [3.05, 3.63) is 29.1 Å². The molecule has 0 spiro atoms. The van der Waals surface area contributed by atoms with Gasteiger partial charge in [0.15, 0.2) is 12.8 Å². The van der Waals surface area contributed by atoms with E-state index in [4.69, 9.17) is 9.47 Å². The molecule has 0 aliphatic carbocycles. The number of nitrogens with zero attached hydrogens (tertiary/aromatic N) is 2. The van der Waals surface area contributed by atoms with Crippen molar-refractivity contribution in [2.45, 2.75) is 52.1 Å². The van der Waals surface area contributed by atoms with Crippen molar-refractivity contribution < 1.29 is 18.7 Å². The average molecular weight is 548 g/mol. The molecular weight excluding hydrogens is 514 g/mol. The Labute approximate surface area is 201 Å². The number of rotatable bonds is 8. The summed E-state index contributed by atoms with van der Waals surface area (Å²) < 4.78 is 24.7. The largest absolute Gasteiger partial charge is 0.467 e. The van der Waals surface area contributed by atoms with Gasteiger partial charge >= 0.3 is 0 Å². The van der Waals surface area contributed by atoms with Crippen molar-refractivity contribution in [1.82, 2.24) is 15.5 Å². The molecule has 0 saturated carbocycles. The van der Waals surface area contributed by atoms with Crippen molar-refractivity contribution in [3.63, 3.8) is 0 Å². The molecule has 0 unspecified atom stereocenters. The lowest BCUT2D eigenvalue weighted by Gasteiger charge is -2.21. The molecule has 9 heteroatoms. The number of nitrogens with one attached hydrogen (secondary N) is 2. The van der Waals surface area contributed by atoms with Gasteiger partial charge in [-0.25, -0.2) is 4.39 Å². The van der Waals surface area contributed by atoms with Crippen LogP contribution < -0.4 is 15.4 Å². The summed E-state index contributed by atoms with van der Waals surface area (Å²) in [6, 6.07) is 2.99. The lowest BCUT2D eigenvalue weighted by atomic mass is 10.1. The van der Waals surface area contributed by atoms with Gasteiger partial charge in [0.25, 0.3) is 0 Å². The van der Waals surface area contributed by atoms with Crippen LogP contribution in [0.3, 0.4) is 0 Å². The van der Waals surface area contributed by atoms with Crippen LogP contribution in [-0.2, 0) is 22.6 Å². The lowest BCUT2D eigenvalue weighted by molar-refractivity contribution is -0.130. The monoisotopic (exact) mass is 548 g/mol. The summed E-state index contributed by atoms with van der Waals surface area (Å²) in [6.07, 6.45) is 5.38.